The van der Waals surface area contributed by atoms with E-state index < -0.39 is 12.0 Å². The highest BCUT2D eigenvalue weighted by atomic mass is 32.1. The Balaban J connectivity index is 1.80. The van der Waals surface area contributed by atoms with Crippen LogP contribution in [0.3, 0.4) is 0 Å². The number of benzene rings is 1. The molecule has 1 aromatic carbocycles. The molecule has 0 fully saturated rings. The lowest BCUT2D eigenvalue weighted by atomic mass is 10.0. The largest absolute Gasteiger partial charge is 0.453 e. The van der Waals surface area contributed by atoms with Crippen LogP contribution in [-0.2, 0) is 28.8 Å². The fourth-order valence-electron chi connectivity index (χ4n) is 3.65. The number of ether oxygens (including phenoxy) is 1. The molecule has 1 heterocycles. The van der Waals surface area contributed by atoms with Gasteiger partial charge in [-0.3, -0.25) is 14.9 Å². The summed E-state index contributed by atoms with van der Waals surface area (Å²) in [6.07, 6.45) is 4.20. The lowest BCUT2D eigenvalue weighted by Gasteiger charge is -2.10. The minimum absolute atomic E-state index is 0.184. The van der Waals surface area contributed by atoms with E-state index in [-0.39, 0.29) is 12.3 Å². The van der Waals surface area contributed by atoms with Gasteiger partial charge in [-0.05, 0) is 48.3 Å². The summed E-state index contributed by atoms with van der Waals surface area (Å²) in [6.45, 7) is 4.26. The third kappa shape index (κ3) is 5.27. The number of aryl methyl sites for hydroxylation is 1. The first-order valence-electron chi connectivity index (χ1n) is 10.3. The Morgan fingerprint density at radius 1 is 1.07 bits per heavy atom. The molecule has 0 aliphatic heterocycles. The van der Waals surface area contributed by atoms with Gasteiger partial charge in [0, 0.05) is 4.88 Å². The van der Waals surface area contributed by atoms with Crippen LogP contribution in [0.15, 0.2) is 24.3 Å². The number of hydrogen-bond donors (Lipinski definition) is 2. The minimum atomic E-state index is -0.809. The Hall–Kier alpha value is -2.67. The van der Waals surface area contributed by atoms with E-state index in [9.17, 15) is 14.4 Å². The fraction of sp³-hybridized carbons (Fsp3) is 0.435. The van der Waals surface area contributed by atoms with Gasteiger partial charge in [0.05, 0.1) is 19.1 Å². The van der Waals surface area contributed by atoms with Gasteiger partial charge in [-0.2, -0.15) is 0 Å². The summed E-state index contributed by atoms with van der Waals surface area (Å²) < 4.78 is 4.56. The molecule has 3 amide bonds. The van der Waals surface area contributed by atoms with Crippen LogP contribution in [0, 0.1) is 0 Å². The first-order chi connectivity index (χ1) is 14.4. The maximum atomic E-state index is 12.8. The second-order valence-corrected chi connectivity index (χ2v) is 8.94. The number of nitrogens with one attached hydrogen (secondary N) is 2. The second-order valence-electron chi connectivity index (χ2n) is 7.84. The summed E-state index contributed by atoms with van der Waals surface area (Å²) in [5.41, 5.74) is 3.47. The molecular formula is C23H28N2O4S. The van der Waals surface area contributed by atoms with E-state index in [0.717, 1.165) is 48.1 Å². The van der Waals surface area contributed by atoms with Crippen LogP contribution in [0.1, 0.15) is 71.0 Å². The van der Waals surface area contributed by atoms with Gasteiger partial charge in [0.2, 0.25) is 5.91 Å². The molecule has 0 bridgehead atoms. The number of imide groups is 1. The topological polar surface area (TPSA) is 84.5 Å². The van der Waals surface area contributed by atoms with Gasteiger partial charge in [0.15, 0.2) is 0 Å². The number of hydrogen-bond acceptors (Lipinski definition) is 5. The predicted molar refractivity (Wildman–Crippen MR) is 118 cm³/mol. The average Bonchev–Trinajstić information content (AvgIpc) is 2.88. The van der Waals surface area contributed by atoms with Crippen molar-refractivity contribution in [2.75, 3.05) is 12.4 Å². The molecule has 1 aliphatic carbocycles. The molecule has 160 valence electrons. The van der Waals surface area contributed by atoms with Gasteiger partial charge in [-0.15, -0.1) is 11.3 Å². The predicted octanol–water partition coefficient (Wildman–Crippen LogP) is 4.82. The molecule has 1 aliphatic rings. The zero-order valence-electron chi connectivity index (χ0n) is 17.7. The zero-order chi connectivity index (χ0) is 21.7. The summed E-state index contributed by atoms with van der Waals surface area (Å²) in [5.74, 6) is -0.279. The van der Waals surface area contributed by atoms with Gasteiger partial charge in [-0.1, -0.05) is 44.5 Å². The Kier molecular flexibility index (Phi) is 7.26. The summed E-state index contributed by atoms with van der Waals surface area (Å²) in [4.78, 5) is 38.1. The van der Waals surface area contributed by atoms with Crippen LogP contribution in [-0.4, -0.2) is 25.0 Å². The monoisotopic (exact) mass is 428 g/mol. The fourth-order valence-corrected chi connectivity index (χ4v) is 4.96. The molecule has 3 rings (SSSR count). The van der Waals surface area contributed by atoms with Crippen LogP contribution in [0.4, 0.5) is 9.80 Å². The van der Waals surface area contributed by atoms with E-state index in [1.165, 1.54) is 24.0 Å². The Bertz CT molecular complexity index is 931. The number of carbonyl (C=O) groups is 3. The number of alkyl carbamates (subject to hydrolysis) is 1. The number of anilines is 1. The molecular weight excluding hydrogens is 400 g/mol. The Morgan fingerprint density at radius 3 is 2.43 bits per heavy atom. The number of rotatable bonds is 5. The van der Waals surface area contributed by atoms with E-state index in [0.29, 0.717) is 16.5 Å². The number of methoxy groups -OCH3 is 1. The number of carbonyl (C=O) groups excluding carboxylic acids is 3. The standard InChI is InChI=1S/C23H28N2O4S/c1-14(2)16-11-9-15(10-12-16)13-19(26)24-22-20(21(27)25-23(28)29-3)17-7-5-4-6-8-18(17)30-22/h9-12,14H,4-8,13H2,1-3H3,(H,24,26)(H,25,27,28). The van der Waals surface area contributed by atoms with Crippen molar-refractivity contribution in [2.45, 2.75) is 58.3 Å². The van der Waals surface area contributed by atoms with E-state index >= 15 is 0 Å². The van der Waals surface area contributed by atoms with E-state index in [1.54, 1.807) is 0 Å². The highest BCUT2D eigenvalue weighted by molar-refractivity contribution is 7.17. The zero-order valence-corrected chi connectivity index (χ0v) is 18.5. The molecule has 1 aromatic heterocycles. The molecule has 2 N–H and O–H groups in total. The molecule has 0 spiro atoms. The minimum Gasteiger partial charge on any atom is -0.453 e. The number of amides is 3. The van der Waals surface area contributed by atoms with E-state index in [4.69, 9.17) is 0 Å². The average molecular weight is 429 g/mol. The van der Waals surface area contributed by atoms with Crippen LogP contribution < -0.4 is 10.6 Å². The van der Waals surface area contributed by atoms with Crippen molar-refractivity contribution in [2.24, 2.45) is 0 Å². The Morgan fingerprint density at radius 2 is 1.77 bits per heavy atom. The summed E-state index contributed by atoms with van der Waals surface area (Å²) in [7, 11) is 1.21. The van der Waals surface area contributed by atoms with Crippen LogP contribution in [0.5, 0.6) is 0 Å². The first-order valence-corrected chi connectivity index (χ1v) is 11.1. The Labute approximate surface area is 181 Å². The number of thiophene rings is 1. The number of fused-ring (bicyclic) bond motifs is 1. The molecule has 7 heteroatoms. The van der Waals surface area contributed by atoms with Crippen molar-refractivity contribution < 1.29 is 19.1 Å². The van der Waals surface area contributed by atoms with Crippen molar-refractivity contribution in [3.63, 3.8) is 0 Å². The van der Waals surface area contributed by atoms with Gasteiger partial charge in [0.1, 0.15) is 5.00 Å². The third-order valence-electron chi connectivity index (χ3n) is 5.31. The van der Waals surface area contributed by atoms with Gasteiger partial charge >= 0.3 is 6.09 Å². The van der Waals surface area contributed by atoms with Crippen LogP contribution in [0.2, 0.25) is 0 Å². The molecule has 2 aromatic rings. The summed E-state index contributed by atoms with van der Waals surface area (Å²) >= 11 is 1.44. The van der Waals surface area contributed by atoms with E-state index in [1.807, 2.05) is 24.3 Å². The lowest BCUT2D eigenvalue weighted by Crippen LogP contribution is -2.31. The summed E-state index contributed by atoms with van der Waals surface area (Å²) in [5, 5.41) is 5.66. The molecule has 6 nitrogen and oxygen atoms in total. The van der Waals surface area contributed by atoms with Gasteiger partial charge in [-0.25, -0.2) is 4.79 Å². The molecule has 30 heavy (non-hydrogen) atoms. The van der Waals surface area contributed by atoms with E-state index in [2.05, 4.69) is 29.2 Å². The van der Waals surface area contributed by atoms with Crippen molar-refractivity contribution in [3.8, 4) is 0 Å². The summed E-state index contributed by atoms with van der Waals surface area (Å²) in [6, 6.07) is 8.00. The SMILES string of the molecule is COC(=O)NC(=O)c1c(NC(=O)Cc2ccc(C(C)C)cc2)sc2c1CCCCC2. The van der Waals surface area contributed by atoms with Crippen molar-refractivity contribution in [1.82, 2.24) is 5.32 Å². The highest BCUT2D eigenvalue weighted by Crippen LogP contribution is 2.37. The maximum absolute atomic E-state index is 12.8. The van der Waals surface area contributed by atoms with Crippen LogP contribution in [0.25, 0.3) is 0 Å². The third-order valence-corrected chi connectivity index (χ3v) is 6.52. The van der Waals surface area contributed by atoms with Gasteiger partial charge < -0.3 is 10.1 Å². The van der Waals surface area contributed by atoms with Crippen LogP contribution >= 0.6 is 11.3 Å². The molecule has 0 saturated heterocycles. The molecule has 0 unspecified atom stereocenters. The molecule has 0 atom stereocenters. The smallest absolute Gasteiger partial charge is 0.413 e. The van der Waals surface area contributed by atoms with Crippen molar-refractivity contribution >= 4 is 34.2 Å². The molecule has 0 radical (unpaired) electrons. The normalized spacial score (nSPS) is 13.3. The highest BCUT2D eigenvalue weighted by Gasteiger charge is 2.27. The van der Waals surface area contributed by atoms with Gasteiger partial charge in [0.25, 0.3) is 5.91 Å². The maximum Gasteiger partial charge on any atom is 0.413 e. The quantitative estimate of drug-likeness (QED) is 0.669. The first kappa shape index (κ1) is 22.0. The molecule has 0 saturated carbocycles. The van der Waals surface area contributed by atoms with Crippen molar-refractivity contribution in [3.05, 3.63) is 51.4 Å². The lowest BCUT2D eigenvalue weighted by molar-refractivity contribution is -0.115. The second kappa shape index (κ2) is 9.89. The van der Waals surface area contributed by atoms with Crippen molar-refractivity contribution in [1.29, 1.82) is 0 Å².